The van der Waals surface area contributed by atoms with Crippen molar-refractivity contribution in [2.24, 2.45) is 7.05 Å². The SMILES string of the molecule is CCCCOCCOCC(=O)c1ccn(C)c1. The molecule has 0 aliphatic rings. The molecular formula is C13H21NO3. The maximum atomic E-state index is 11.6. The van der Waals surface area contributed by atoms with Gasteiger partial charge in [-0.25, -0.2) is 0 Å². The van der Waals surface area contributed by atoms with Crippen LogP contribution in [0.15, 0.2) is 18.5 Å². The van der Waals surface area contributed by atoms with Gasteiger partial charge in [-0.2, -0.15) is 0 Å². The van der Waals surface area contributed by atoms with Crippen molar-refractivity contribution in [3.05, 3.63) is 24.0 Å². The molecule has 0 aromatic carbocycles. The number of ketones is 1. The summed E-state index contributed by atoms with van der Waals surface area (Å²) >= 11 is 0. The first kappa shape index (κ1) is 13.9. The molecule has 0 amide bonds. The normalized spacial score (nSPS) is 10.7. The standard InChI is InChI=1S/C13H21NO3/c1-3-4-7-16-8-9-17-11-13(15)12-5-6-14(2)10-12/h5-6,10H,3-4,7-9,11H2,1-2H3. The molecule has 0 saturated carbocycles. The zero-order valence-corrected chi connectivity index (χ0v) is 10.6. The van der Waals surface area contributed by atoms with Gasteiger partial charge in [-0.3, -0.25) is 4.79 Å². The van der Waals surface area contributed by atoms with Crippen molar-refractivity contribution >= 4 is 5.78 Å². The molecule has 0 saturated heterocycles. The van der Waals surface area contributed by atoms with Gasteiger partial charge in [0.15, 0.2) is 5.78 Å². The average Bonchev–Trinajstić information content (AvgIpc) is 2.74. The van der Waals surface area contributed by atoms with Crippen LogP contribution in [0.4, 0.5) is 0 Å². The first-order chi connectivity index (χ1) is 8.24. The monoisotopic (exact) mass is 239 g/mol. The highest BCUT2D eigenvalue weighted by molar-refractivity contribution is 5.96. The van der Waals surface area contributed by atoms with E-state index in [2.05, 4.69) is 6.92 Å². The van der Waals surface area contributed by atoms with Crippen LogP contribution < -0.4 is 0 Å². The third kappa shape index (κ3) is 5.65. The Hall–Kier alpha value is -1.13. The van der Waals surface area contributed by atoms with Crippen molar-refractivity contribution in [2.45, 2.75) is 19.8 Å². The van der Waals surface area contributed by atoms with Crippen LogP contribution in [-0.2, 0) is 16.5 Å². The molecule has 1 aromatic heterocycles. The second-order valence-corrected chi connectivity index (χ2v) is 4.01. The molecule has 0 radical (unpaired) electrons. The summed E-state index contributed by atoms with van der Waals surface area (Å²) in [6.45, 7) is 4.05. The zero-order valence-electron chi connectivity index (χ0n) is 10.6. The van der Waals surface area contributed by atoms with Crippen LogP contribution in [0.1, 0.15) is 30.1 Å². The molecule has 1 rings (SSSR count). The predicted molar refractivity (Wildman–Crippen MR) is 66.3 cm³/mol. The van der Waals surface area contributed by atoms with E-state index in [-0.39, 0.29) is 12.4 Å². The van der Waals surface area contributed by atoms with Gasteiger partial charge >= 0.3 is 0 Å². The van der Waals surface area contributed by atoms with Crippen molar-refractivity contribution < 1.29 is 14.3 Å². The molecule has 0 aliphatic carbocycles. The molecule has 4 nitrogen and oxygen atoms in total. The van der Waals surface area contributed by atoms with Gasteiger partial charge < -0.3 is 14.0 Å². The van der Waals surface area contributed by atoms with Gasteiger partial charge in [0.25, 0.3) is 0 Å². The summed E-state index contributed by atoms with van der Waals surface area (Å²) in [6.07, 6.45) is 5.85. The largest absolute Gasteiger partial charge is 0.379 e. The van der Waals surface area contributed by atoms with Crippen LogP contribution in [0.2, 0.25) is 0 Å². The molecule has 0 unspecified atom stereocenters. The maximum absolute atomic E-state index is 11.6. The van der Waals surface area contributed by atoms with Crippen LogP contribution in [0, 0.1) is 0 Å². The molecule has 1 aromatic rings. The highest BCUT2D eigenvalue weighted by atomic mass is 16.5. The van der Waals surface area contributed by atoms with Gasteiger partial charge in [0.2, 0.25) is 0 Å². The van der Waals surface area contributed by atoms with E-state index in [9.17, 15) is 4.79 Å². The minimum atomic E-state index is 0.0131. The smallest absolute Gasteiger partial charge is 0.189 e. The second kappa shape index (κ2) is 8.03. The van der Waals surface area contributed by atoms with Crippen LogP contribution in [0.5, 0.6) is 0 Å². The van der Waals surface area contributed by atoms with Gasteiger partial charge in [0.05, 0.1) is 13.2 Å². The summed E-state index contributed by atoms with van der Waals surface area (Å²) in [5.41, 5.74) is 0.694. The fourth-order valence-corrected chi connectivity index (χ4v) is 1.38. The van der Waals surface area contributed by atoms with Crippen molar-refractivity contribution in [3.63, 3.8) is 0 Å². The molecule has 17 heavy (non-hydrogen) atoms. The number of Topliss-reactive ketones (excluding diaryl/α,β-unsaturated/α-hetero) is 1. The van der Waals surface area contributed by atoms with E-state index in [1.807, 2.05) is 17.8 Å². The molecule has 0 spiro atoms. The van der Waals surface area contributed by atoms with Gasteiger partial charge in [-0.1, -0.05) is 13.3 Å². The number of hydrogen-bond acceptors (Lipinski definition) is 3. The Balaban J connectivity index is 2.05. The van der Waals surface area contributed by atoms with Crippen LogP contribution >= 0.6 is 0 Å². The van der Waals surface area contributed by atoms with Crippen LogP contribution in [0.3, 0.4) is 0 Å². The molecule has 0 aliphatic heterocycles. The number of aromatic nitrogens is 1. The lowest BCUT2D eigenvalue weighted by Gasteiger charge is -2.04. The lowest BCUT2D eigenvalue weighted by molar-refractivity contribution is 0.0432. The lowest BCUT2D eigenvalue weighted by Crippen LogP contribution is -2.12. The summed E-state index contributed by atoms with van der Waals surface area (Å²) in [7, 11) is 1.89. The van der Waals surface area contributed by atoms with E-state index < -0.39 is 0 Å². The van der Waals surface area contributed by atoms with E-state index in [1.54, 1.807) is 12.3 Å². The topological polar surface area (TPSA) is 40.5 Å². The molecule has 96 valence electrons. The minimum absolute atomic E-state index is 0.0131. The third-order valence-electron chi connectivity index (χ3n) is 2.40. The van der Waals surface area contributed by atoms with E-state index >= 15 is 0 Å². The molecule has 1 heterocycles. The van der Waals surface area contributed by atoms with E-state index in [0.717, 1.165) is 19.4 Å². The Morgan fingerprint density at radius 1 is 1.29 bits per heavy atom. The van der Waals surface area contributed by atoms with Gasteiger partial charge in [-0.05, 0) is 12.5 Å². The first-order valence-electron chi connectivity index (χ1n) is 6.04. The average molecular weight is 239 g/mol. The maximum Gasteiger partial charge on any atom is 0.189 e. The second-order valence-electron chi connectivity index (χ2n) is 4.01. The van der Waals surface area contributed by atoms with Crippen molar-refractivity contribution in [1.82, 2.24) is 4.57 Å². The van der Waals surface area contributed by atoms with Crippen LogP contribution in [0.25, 0.3) is 0 Å². The predicted octanol–water partition coefficient (Wildman–Crippen LogP) is 2.04. The van der Waals surface area contributed by atoms with Gasteiger partial charge in [-0.15, -0.1) is 0 Å². The quantitative estimate of drug-likeness (QED) is 0.489. The highest BCUT2D eigenvalue weighted by Gasteiger charge is 2.06. The number of ether oxygens (including phenoxy) is 2. The Morgan fingerprint density at radius 2 is 2.06 bits per heavy atom. The zero-order chi connectivity index (χ0) is 12.5. The summed E-state index contributed by atoms with van der Waals surface area (Å²) in [6, 6.07) is 1.80. The number of carbonyl (C=O) groups is 1. The minimum Gasteiger partial charge on any atom is -0.379 e. The molecule has 0 atom stereocenters. The number of nitrogens with zero attached hydrogens (tertiary/aromatic N) is 1. The Bertz CT molecular complexity index is 333. The van der Waals surface area contributed by atoms with Crippen molar-refractivity contribution in [1.29, 1.82) is 0 Å². The lowest BCUT2D eigenvalue weighted by atomic mass is 10.2. The number of aryl methyl sites for hydroxylation is 1. The van der Waals surface area contributed by atoms with Gasteiger partial charge in [0, 0.05) is 31.6 Å². The molecule has 0 fully saturated rings. The third-order valence-corrected chi connectivity index (χ3v) is 2.40. The van der Waals surface area contributed by atoms with E-state index in [4.69, 9.17) is 9.47 Å². The molecule has 0 N–H and O–H groups in total. The molecule has 0 bridgehead atoms. The summed E-state index contributed by atoms with van der Waals surface area (Å²) in [4.78, 5) is 11.6. The first-order valence-corrected chi connectivity index (χ1v) is 6.04. The highest BCUT2D eigenvalue weighted by Crippen LogP contribution is 2.01. The van der Waals surface area contributed by atoms with Crippen molar-refractivity contribution in [3.8, 4) is 0 Å². The Kier molecular flexibility index (Phi) is 6.58. The van der Waals surface area contributed by atoms with E-state index in [0.29, 0.717) is 18.8 Å². The van der Waals surface area contributed by atoms with Crippen LogP contribution in [-0.4, -0.2) is 36.8 Å². The number of carbonyl (C=O) groups excluding carboxylic acids is 1. The fourth-order valence-electron chi connectivity index (χ4n) is 1.38. The number of hydrogen-bond donors (Lipinski definition) is 0. The van der Waals surface area contributed by atoms with Gasteiger partial charge in [0.1, 0.15) is 6.61 Å². The van der Waals surface area contributed by atoms with Crippen molar-refractivity contribution in [2.75, 3.05) is 26.4 Å². The van der Waals surface area contributed by atoms with E-state index in [1.165, 1.54) is 0 Å². The Labute approximate surface area is 103 Å². The number of rotatable bonds is 9. The fraction of sp³-hybridized carbons (Fsp3) is 0.615. The molecular weight excluding hydrogens is 218 g/mol. The summed E-state index contributed by atoms with van der Waals surface area (Å²) in [5.74, 6) is 0.0131. The summed E-state index contributed by atoms with van der Waals surface area (Å²) in [5, 5.41) is 0. The Morgan fingerprint density at radius 3 is 2.71 bits per heavy atom. The molecule has 4 heteroatoms. The number of unbranched alkanes of at least 4 members (excludes halogenated alkanes) is 1. The summed E-state index contributed by atoms with van der Waals surface area (Å²) < 4.78 is 12.4.